The van der Waals surface area contributed by atoms with E-state index in [4.69, 9.17) is 20.9 Å². The molecule has 8 nitrogen and oxygen atoms in total. The minimum Gasteiger partial charge on any atom is -0.439 e. The van der Waals surface area contributed by atoms with Crippen LogP contribution < -0.4 is 10.6 Å². The van der Waals surface area contributed by atoms with E-state index in [9.17, 15) is 9.59 Å². The average molecular weight is 449 g/mol. The maximum Gasteiger partial charge on any atom is 0.407 e. The Morgan fingerprint density at radius 3 is 2.71 bits per heavy atom. The second kappa shape index (κ2) is 11.7. The number of nitrogens with one attached hydrogen (secondary N) is 2. The highest BCUT2D eigenvalue weighted by atomic mass is 35.5. The number of carbonyl (C=O) groups is 2. The second-order valence-corrected chi connectivity index (χ2v) is 8.14. The number of halogens is 1. The number of rotatable bonds is 9. The van der Waals surface area contributed by atoms with Crippen LogP contribution in [-0.2, 0) is 16.0 Å². The molecule has 1 aliphatic rings. The molecule has 0 atom stereocenters. The Kier molecular flexibility index (Phi) is 8.73. The fourth-order valence-electron chi connectivity index (χ4n) is 3.56. The van der Waals surface area contributed by atoms with Crippen molar-refractivity contribution in [1.29, 1.82) is 0 Å². The number of likely N-dealkylation sites (N-methyl/N-ethyl adjacent to an activating group) is 1. The maximum absolute atomic E-state index is 11.6. The molecule has 0 bridgehead atoms. The molecular formula is C22H29ClN4O4. The van der Waals surface area contributed by atoms with Gasteiger partial charge in [0.1, 0.15) is 11.5 Å². The summed E-state index contributed by atoms with van der Waals surface area (Å²) in [5, 5.41) is 10.0. The Bertz CT molecular complexity index is 847. The van der Waals surface area contributed by atoms with Crippen LogP contribution in [-0.4, -0.2) is 61.9 Å². The van der Waals surface area contributed by atoms with Gasteiger partial charge in [0.25, 0.3) is 5.91 Å². The van der Waals surface area contributed by atoms with Crippen molar-refractivity contribution < 1.29 is 18.8 Å². The molecule has 1 aromatic heterocycles. The summed E-state index contributed by atoms with van der Waals surface area (Å²) in [6, 6.07) is 9.55. The maximum atomic E-state index is 11.6. The van der Waals surface area contributed by atoms with E-state index in [2.05, 4.69) is 20.7 Å². The van der Waals surface area contributed by atoms with Crippen LogP contribution in [0, 0.1) is 5.92 Å². The van der Waals surface area contributed by atoms with Gasteiger partial charge in [-0.15, -0.1) is 0 Å². The third-order valence-electron chi connectivity index (χ3n) is 5.45. The summed E-state index contributed by atoms with van der Waals surface area (Å²) in [5.74, 6) is 0.995. The molecule has 1 fully saturated rings. The van der Waals surface area contributed by atoms with Gasteiger partial charge < -0.3 is 24.8 Å². The molecule has 9 heteroatoms. The molecule has 0 unspecified atom stereocenters. The molecule has 31 heavy (non-hydrogen) atoms. The Morgan fingerprint density at radius 2 is 2.00 bits per heavy atom. The van der Waals surface area contributed by atoms with Gasteiger partial charge in [-0.2, -0.15) is 0 Å². The topological polar surface area (TPSA) is 96.7 Å². The number of ether oxygens (including phenoxy) is 1. The van der Waals surface area contributed by atoms with Crippen molar-refractivity contribution in [3.05, 3.63) is 41.1 Å². The van der Waals surface area contributed by atoms with E-state index >= 15 is 0 Å². The molecule has 0 saturated carbocycles. The SMILES string of the molecule is CNC(=O)COC(=O)NCC1CCN(CCCc2cc(-c3ccc(Cl)cc3)no2)CC1. The number of alkyl carbamates (subject to hydrolysis) is 1. The van der Waals surface area contributed by atoms with Gasteiger partial charge in [-0.05, 0) is 56.9 Å². The summed E-state index contributed by atoms with van der Waals surface area (Å²) < 4.78 is 10.3. The molecule has 0 radical (unpaired) electrons. The van der Waals surface area contributed by atoms with Crippen LogP contribution in [0.25, 0.3) is 11.3 Å². The summed E-state index contributed by atoms with van der Waals surface area (Å²) in [4.78, 5) is 25.1. The van der Waals surface area contributed by atoms with Crippen LogP contribution in [0.4, 0.5) is 4.79 Å². The fraction of sp³-hybridized carbons (Fsp3) is 0.500. The van der Waals surface area contributed by atoms with Crippen LogP contribution in [0.5, 0.6) is 0 Å². The predicted octanol–water partition coefficient (Wildman–Crippen LogP) is 3.11. The summed E-state index contributed by atoms with van der Waals surface area (Å²) in [6.07, 6.45) is 3.36. The van der Waals surface area contributed by atoms with E-state index in [1.54, 1.807) is 0 Å². The molecule has 1 aromatic carbocycles. The second-order valence-electron chi connectivity index (χ2n) is 7.70. The van der Waals surface area contributed by atoms with Gasteiger partial charge in [0.2, 0.25) is 0 Å². The van der Waals surface area contributed by atoms with E-state index < -0.39 is 6.09 Å². The third-order valence-corrected chi connectivity index (χ3v) is 5.70. The number of aromatic nitrogens is 1. The zero-order valence-corrected chi connectivity index (χ0v) is 18.5. The molecule has 2 amide bonds. The molecule has 3 rings (SSSR count). The first-order valence-electron chi connectivity index (χ1n) is 10.6. The number of likely N-dealkylation sites (tertiary alicyclic amines) is 1. The van der Waals surface area contributed by atoms with Crippen molar-refractivity contribution in [2.24, 2.45) is 5.92 Å². The normalized spacial score (nSPS) is 14.9. The van der Waals surface area contributed by atoms with Crippen LogP contribution in [0.15, 0.2) is 34.9 Å². The van der Waals surface area contributed by atoms with Crippen LogP contribution in [0.3, 0.4) is 0 Å². The highest BCUT2D eigenvalue weighted by Gasteiger charge is 2.20. The van der Waals surface area contributed by atoms with E-state index in [1.165, 1.54) is 7.05 Å². The number of hydrogen-bond donors (Lipinski definition) is 2. The zero-order chi connectivity index (χ0) is 22.1. The summed E-state index contributed by atoms with van der Waals surface area (Å²) in [7, 11) is 1.50. The number of amides is 2. The molecule has 2 N–H and O–H groups in total. The first kappa shape index (κ1) is 23.1. The average Bonchev–Trinajstić information content (AvgIpc) is 3.26. The van der Waals surface area contributed by atoms with E-state index in [-0.39, 0.29) is 12.5 Å². The minimum atomic E-state index is -0.545. The number of benzene rings is 1. The lowest BCUT2D eigenvalue weighted by Crippen LogP contribution is -2.39. The number of carbonyl (C=O) groups excluding carboxylic acids is 2. The molecule has 1 saturated heterocycles. The minimum absolute atomic E-state index is 0.257. The third kappa shape index (κ3) is 7.56. The highest BCUT2D eigenvalue weighted by Crippen LogP contribution is 2.22. The number of aryl methyl sites for hydroxylation is 1. The van der Waals surface area contributed by atoms with Gasteiger partial charge in [0.05, 0.1) is 0 Å². The van der Waals surface area contributed by atoms with Crippen molar-refractivity contribution in [3.63, 3.8) is 0 Å². The van der Waals surface area contributed by atoms with Crippen LogP contribution in [0.2, 0.25) is 5.02 Å². The Morgan fingerprint density at radius 1 is 1.26 bits per heavy atom. The van der Waals surface area contributed by atoms with E-state index in [0.29, 0.717) is 17.5 Å². The molecule has 0 spiro atoms. The van der Waals surface area contributed by atoms with Gasteiger partial charge in [-0.1, -0.05) is 28.9 Å². The van der Waals surface area contributed by atoms with Crippen LogP contribution in [0.1, 0.15) is 25.0 Å². The predicted molar refractivity (Wildman–Crippen MR) is 118 cm³/mol. The molecule has 0 aliphatic carbocycles. The van der Waals surface area contributed by atoms with Crippen molar-refractivity contribution >= 4 is 23.6 Å². The van der Waals surface area contributed by atoms with Gasteiger partial charge in [-0.3, -0.25) is 4.79 Å². The standard InChI is InChI=1S/C22H29ClN4O4/c1-24-21(28)15-30-22(29)25-14-16-8-11-27(12-9-16)10-2-3-19-13-20(26-31-19)17-4-6-18(23)7-5-17/h4-7,13,16H,2-3,8-12,14-15H2,1H3,(H,24,28)(H,25,29). The van der Waals surface area contributed by atoms with Crippen molar-refractivity contribution in [2.75, 3.05) is 39.8 Å². The highest BCUT2D eigenvalue weighted by molar-refractivity contribution is 6.30. The monoisotopic (exact) mass is 448 g/mol. The molecular weight excluding hydrogens is 420 g/mol. The summed E-state index contributed by atoms with van der Waals surface area (Å²) >= 11 is 5.93. The lowest BCUT2D eigenvalue weighted by molar-refractivity contribution is -0.123. The Labute approximate surface area is 187 Å². The van der Waals surface area contributed by atoms with E-state index in [0.717, 1.165) is 62.3 Å². The zero-order valence-electron chi connectivity index (χ0n) is 17.7. The molecule has 1 aliphatic heterocycles. The van der Waals surface area contributed by atoms with Crippen molar-refractivity contribution in [1.82, 2.24) is 20.7 Å². The van der Waals surface area contributed by atoms with Crippen LogP contribution >= 0.6 is 11.6 Å². The first-order valence-corrected chi connectivity index (χ1v) is 11.0. The number of nitrogens with zero attached hydrogens (tertiary/aromatic N) is 2. The van der Waals surface area contributed by atoms with Gasteiger partial charge in [-0.25, -0.2) is 4.79 Å². The number of piperidine rings is 1. The molecule has 168 valence electrons. The number of hydrogen-bond acceptors (Lipinski definition) is 6. The Balaban J connectivity index is 1.30. The lowest BCUT2D eigenvalue weighted by Gasteiger charge is -2.31. The van der Waals surface area contributed by atoms with Crippen molar-refractivity contribution in [2.45, 2.75) is 25.7 Å². The van der Waals surface area contributed by atoms with Gasteiger partial charge in [0, 0.05) is 36.7 Å². The first-order chi connectivity index (χ1) is 15.0. The Hall–Kier alpha value is -2.58. The van der Waals surface area contributed by atoms with Gasteiger partial charge >= 0.3 is 6.09 Å². The summed E-state index contributed by atoms with van der Waals surface area (Å²) in [6.45, 7) is 3.34. The smallest absolute Gasteiger partial charge is 0.407 e. The quantitative estimate of drug-likeness (QED) is 0.611. The largest absolute Gasteiger partial charge is 0.439 e. The van der Waals surface area contributed by atoms with E-state index in [1.807, 2.05) is 30.3 Å². The lowest BCUT2D eigenvalue weighted by atomic mass is 9.96. The fourth-order valence-corrected chi connectivity index (χ4v) is 3.69. The summed E-state index contributed by atoms with van der Waals surface area (Å²) in [5.41, 5.74) is 1.82. The molecule has 2 aromatic rings. The van der Waals surface area contributed by atoms with Gasteiger partial charge in [0.15, 0.2) is 6.61 Å². The molecule has 2 heterocycles. The van der Waals surface area contributed by atoms with Crippen molar-refractivity contribution in [3.8, 4) is 11.3 Å².